The molecule has 0 bridgehead atoms. The summed E-state index contributed by atoms with van der Waals surface area (Å²) in [6, 6.07) is 18.4. The van der Waals surface area contributed by atoms with Gasteiger partial charge in [0.1, 0.15) is 0 Å². The third-order valence-electron chi connectivity index (χ3n) is 4.81. The van der Waals surface area contributed by atoms with Gasteiger partial charge in [0.25, 0.3) is 0 Å². The highest BCUT2D eigenvalue weighted by Gasteiger charge is 2.35. The highest BCUT2D eigenvalue weighted by Crippen LogP contribution is 2.28. The van der Waals surface area contributed by atoms with Crippen LogP contribution in [0.2, 0.25) is 0 Å². The number of rotatable bonds is 8. The summed E-state index contributed by atoms with van der Waals surface area (Å²) in [4.78, 5) is 12.9. The molecule has 0 spiro atoms. The first kappa shape index (κ1) is 20.6. The molecule has 0 saturated heterocycles. The van der Waals surface area contributed by atoms with E-state index in [1.165, 1.54) is 11.1 Å². The molecular formula is C23H27BrN2O2. The maximum atomic E-state index is 12.9. The maximum Gasteiger partial charge on any atom is 0.337 e. The number of hydrogen-bond acceptors (Lipinski definition) is 4. The first-order valence-electron chi connectivity index (χ1n) is 9.84. The van der Waals surface area contributed by atoms with Crippen molar-refractivity contribution in [2.75, 3.05) is 13.2 Å². The van der Waals surface area contributed by atoms with E-state index in [1.807, 2.05) is 37.3 Å². The van der Waals surface area contributed by atoms with Gasteiger partial charge >= 0.3 is 5.97 Å². The van der Waals surface area contributed by atoms with Gasteiger partial charge in [0.2, 0.25) is 0 Å². The number of ether oxygens (including phenoxy) is 1. The molecule has 1 atom stereocenters. The monoisotopic (exact) mass is 442 g/mol. The molecule has 0 amide bonds. The van der Waals surface area contributed by atoms with E-state index in [9.17, 15) is 4.79 Å². The summed E-state index contributed by atoms with van der Waals surface area (Å²) in [5.41, 5.74) is 7.70. The van der Waals surface area contributed by atoms with Gasteiger partial charge in [0.15, 0.2) is 0 Å². The molecule has 2 aromatic rings. The van der Waals surface area contributed by atoms with Crippen LogP contribution in [0.1, 0.15) is 31.4 Å². The quantitative estimate of drug-likeness (QED) is 0.604. The van der Waals surface area contributed by atoms with Crippen molar-refractivity contribution in [3.63, 3.8) is 0 Å². The average Bonchev–Trinajstić information content (AvgIpc) is 3.01. The van der Waals surface area contributed by atoms with Gasteiger partial charge in [-0.15, -0.1) is 0 Å². The number of carbonyl (C=O) groups excluding carboxylic acids is 1. The van der Waals surface area contributed by atoms with Gasteiger partial charge in [0.05, 0.1) is 18.2 Å². The lowest BCUT2D eigenvalue weighted by atomic mass is 9.97. The second-order valence-corrected chi connectivity index (χ2v) is 7.82. The van der Waals surface area contributed by atoms with Crippen LogP contribution in [0.5, 0.6) is 0 Å². The van der Waals surface area contributed by atoms with Crippen molar-refractivity contribution in [2.24, 2.45) is 0 Å². The van der Waals surface area contributed by atoms with Crippen molar-refractivity contribution in [3.05, 3.63) is 81.5 Å². The van der Waals surface area contributed by atoms with E-state index in [0.717, 1.165) is 35.1 Å². The second kappa shape index (κ2) is 9.89. The SMILES string of the molecule is CCCN1NC(Cc2ccccc2)C(C(=O)OCC)=C1Cc1ccc(Br)cc1. The number of hydrazine groups is 1. The molecule has 1 unspecified atom stereocenters. The van der Waals surface area contributed by atoms with Gasteiger partial charge in [-0.1, -0.05) is 65.3 Å². The zero-order chi connectivity index (χ0) is 19.9. The van der Waals surface area contributed by atoms with Crippen LogP contribution in [-0.2, 0) is 22.4 Å². The van der Waals surface area contributed by atoms with E-state index in [0.29, 0.717) is 13.0 Å². The third kappa shape index (κ3) is 5.03. The Balaban J connectivity index is 1.96. The Kier molecular flexibility index (Phi) is 7.29. The molecule has 148 valence electrons. The number of carbonyl (C=O) groups is 1. The van der Waals surface area contributed by atoms with Gasteiger partial charge in [-0.3, -0.25) is 0 Å². The van der Waals surface area contributed by atoms with Gasteiger partial charge < -0.3 is 9.75 Å². The fourth-order valence-electron chi connectivity index (χ4n) is 3.55. The van der Waals surface area contributed by atoms with Crippen LogP contribution in [0, 0.1) is 0 Å². The van der Waals surface area contributed by atoms with Gasteiger partial charge in [0, 0.05) is 23.1 Å². The molecule has 1 aliphatic heterocycles. The number of halogens is 1. The van der Waals surface area contributed by atoms with Crippen molar-refractivity contribution in [3.8, 4) is 0 Å². The Hall–Kier alpha value is -2.11. The molecule has 5 heteroatoms. The minimum atomic E-state index is -0.221. The van der Waals surface area contributed by atoms with Crippen LogP contribution in [0.15, 0.2) is 70.3 Å². The normalized spacial score (nSPS) is 16.5. The highest BCUT2D eigenvalue weighted by molar-refractivity contribution is 9.10. The van der Waals surface area contributed by atoms with Crippen LogP contribution < -0.4 is 5.43 Å². The lowest BCUT2D eigenvalue weighted by molar-refractivity contribution is -0.138. The number of allylic oxidation sites excluding steroid dienone is 1. The minimum absolute atomic E-state index is 0.0848. The predicted octanol–water partition coefficient (Wildman–Crippen LogP) is 4.65. The van der Waals surface area contributed by atoms with Crippen molar-refractivity contribution in [2.45, 2.75) is 39.2 Å². The molecule has 1 heterocycles. The number of benzene rings is 2. The molecule has 1 N–H and O–H groups in total. The molecule has 4 nitrogen and oxygen atoms in total. The Labute approximate surface area is 175 Å². The number of esters is 1. The minimum Gasteiger partial charge on any atom is -0.463 e. The molecule has 0 radical (unpaired) electrons. The van der Waals surface area contributed by atoms with E-state index in [-0.39, 0.29) is 12.0 Å². The third-order valence-corrected chi connectivity index (χ3v) is 5.34. The summed E-state index contributed by atoms with van der Waals surface area (Å²) in [5.74, 6) is -0.221. The van der Waals surface area contributed by atoms with E-state index in [4.69, 9.17) is 4.74 Å². The predicted molar refractivity (Wildman–Crippen MR) is 116 cm³/mol. The van der Waals surface area contributed by atoms with Crippen LogP contribution in [-0.4, -0.2) is 30.2 Å². The fraction of sp³-hybridized carbons (Fsp3) is 0.348. The summed E-state index contributed by atoms with van der Waals surface area (Å²) in [7, 11) is 0. The van der Waals surface area contributed by atoms with Crippen LogP contribution in [0.4, 0.5) is 0 Å². The largest absolute Gasteiger partial charge is 0.463 e. The molecule has 0 aliphatic carbocycles. The summed E-state index contributed by atoms with van der Waals surface area (Å²) in [6.07, 6.45) is 2.43. The number of hydrogen-bond donors (Lipinski definition) is 1. The molecule has 1 aliphatic rings. The van der Waals surface area contributed by atoms with Crippen LogP contribution >= 0.6 is 15.9 Å². The lowest BCUT2D eigenvalue weighted by Gasteiger charge is -2.23. The van der Waals surface area contributed by atoms with Gasteiger partial charge in [-0.05, 0) is 43.0 Å². The van der Waals surface area contributed by atoms with E-state index in [2.05, 4.69) is 57.6 Å². The summed E-state index contributed by atoms with van der Waals surface area (Å²) in [5, 5.41) is 2.14. The van der Waals surface area contributed by atoms with Crippen LogP contribution in [0.25, 0.3) is 0 Å². The second-order valence-electron chi connectivity index (χ2n) is 6.91. The van der Waals surface area contributed by atoms with Crippen molar-refractivity contribution < 1.29 is 9.53 Å². The Morgan fingerprint density at radius 2 is 1.79 bits per heavy atom. The van der Waals surface area contributed by atoms with Gasteiger partial charge in [-0.25, -0.2) is 10.2 Å². The zero-order valence-corrected chi connectivity index (χ0v) is 18.0. The Bertz CT molecular complexity index is 818. The van der Waals surface area contributed by atoms with Gasteiger partial charge in [-0.2, -0.15) is 0 Å². The molecule has 28 heavy (non-hydrogen) atoms. The van der Waals surface area contributed by atoms with Crippen LogP contribution in [0.3, 0.4) is 0 Å². The standard InChI is InChI=1S/C23H27BrN2O2/c1-3-14-26-21(16-18-10-12-19(24)13-11-18)22(23(27)28-4-2)20(25-26)15-17-8-6-5-7-9-17/h5-13,20,25H,3-4,14-16H2,1-2H3. The zero-order valence-electron chi connectivity index (χ0n) is 16.5. The van der Waals surface area contributed by atoms with Crippen molar-refractivity contribution in [1.82, 2.24) is 10.4 Å². The molecule has 0 saturated carbocycles. The summed E-state index contributed by atoms with van der Waals surface area (Å²) < 4.78 is 6.49. The fourth-order valence-corrected chi connectivity index (χ4v) is 3.82. The van der Waals surface area contributed by atoms with E-state index >= 15 is 0 Å². The summed E-state index contributed by atoms with van der Waals surface area (Å²) >= 11 is 3.49. The smallest absolute Gasteiger partial charge is 0.337 e. The number of nitrogens with zero attached hydrogens (tertiary/aromatic N) is 1. The molecule has 2 aromatic carbocycles. The van der Waals surface area contributed by atoms with E-state index in [1.54, 1.807) is 0 Å². The number of nitrogens with one attached hydrogen (secondary N) is 1. The molecular weight excluding hydrogens is 416 g/mol. The Morgan fingerprint density at radius 3 is 2.43 bits per heavy atom. The summed E-state index contributed by atoms with van der Waals surface area (Å²) in [6.45, 7) is 5.22. The highest BCUT2D eigenvalue weighted by atomic mass is 79.9. The molecule has 3 rings (SSSR count). The maximum absolute atomic E-state index is 12.9. The first-order chi connectivity index (χ1) is 13.6. The first-order valence-corrected chi connectivity index (χ1v) is 10.6. The van der Waals surface area contributed by atoms with Crippen molar-refractivity contribution >= 4 is 21.9 Å². The van der Waals surface area contributed by atoms with Crippen molar-refractivity contribution in [1.29, 1.82) is 0 Å². The van der Waals surface area contributed by atoms with E-state index < -0.39 is 0 Å². The Morgan fingerprint density at radius 1 is 1.07 bits per heavy atom. The molecule has 0 aromatic heterocycles. The lowest BCUT2D eigenvalue weighted by Crippen LogP contribution is -2.40. The average molecular weight is 443 g/mol. The molecule has 0 fully saturated rings. The topological polar surface area (TPSA) is 41.6 Å².